The number of guanidine groups is 1. The number of hydrogen-bond acceptors (Lipinski definition) is 3. The molecule has 7 heteroatoms. The van der Waals surface area contributed by atoms with Gasteiger partial charge in [-0.05, 0) is 18.6 Å². The summed E-state index contributed by atoms with van der Waals surface area (Å²) >= 11 is 0. The van der Waals surface area contributed by atoms with Crippen LogP contribution in [0.15, 0.2) is 59.6 Å². The van der Waals surface area contributed by atoms with Gasteiger partial charge in [0.05, 0.1) is 19.8 Å². The average Bonchev–Trinajstić information content (AvgIpc) is 2.67. The Morgan fingerprint density at radius 1 is 1.04 bits per heavy atom. The van der Waals surface area contributed by atoms with Crippen molar-refractivity contribution in [3.05, 3.63) is 65.7 Å². The number of hydrogen-bond donors (Lipinski definition) is 2. The van der Waals surface area contributed by atoms with E-state index in [1.165, 1.54) is 6.07 Å². The van der Waals surface area contributed by atoms with Crippen LogP contribution in [0, 0.1) is 0 Å². The molecule has 0 aromatic heterocycles. The van der Waals surface area contributed by atoms with Gasteiger partial charge in [0.15, 0.2) is 5.96 Å². The molecule has 2 aromatic carbocycles. The van der Waals surface area contributed by atoms with Gasteiger partial charge in [-0.2, -0.15) is 8.78 Å². The second-order valence-corrected chi connectivity index (χ2v) is 5.65. The Kier molecular flexibility index (Phi) is 9.06. The molecule has 0 amide bonds. The molecule has 0 heterocycles. The van der Waals surface area contributed by atoms with Crippen LogP contribution in [0.25, 0.3) is 0 Å². The Bertz CT molecular complexity index is 697. The van der Waals surface area contributed by atoms with Crippen LogP contribution in [0.4, 0.5) is 8.78 Å². The molecule has 0 bridgehead atoms. The van der Waals surface area contributed by atoms with Gasteiger partial charge in [-0.1, -0.05) is 48.5 Å². The molecule has 0 atom stereocenters. The second kappa shape index (κ2) is 11.9. The highest BCUT2D eigenvalue weighted by molar-refractivity contribution is 5.79. The Hall–Kier alpha value is -2.67. The number of nitrogens with zero attached hydrogens (tertiary/aromatic N) is 1. The van der Waals surface area contributed by atoms with Gasteiger partial charge in [0.2, 0.25) is 0 Å². The van der Waals surface area contributed by atoms with Crippen LogP contribution in [0.5, 0.6) is 5.75 Å². The van der Waals surface area contributed by atoms with E-state index in [1.54, 1.807) is 18.2 Å². The van der Waals surface area contributed by atoms with Crippen LogP contribution in [0.3, 0.4) is 0 Å². The average molecular weight is 377 g/mol. The summed E-state index contributed by atoms with van der Waals surface area (Å²) in [5.41, 5.74) is 1.71. The van der Waals surface area contributed by atoms with E-state index in [4.69, 9.17) is 4.74 Å². The standard InChI is InChI=1S/C20H25F2N3O2/c1-2-23-20(24-12-13-26-15-16-8-4-3-5-9-16)25-14-17-10-6-7-11-18(17)27-19(21)22/h3-11,19H,2,12-15H2,1H3,(H2,23,24,25). The molecule has 0 aliphatic carbocycles. The van der Waals surface area contributed by atoms with Crippen molar-refractivity contribution in [2.24, 2.45) is 4.99 Å². The van der Waals surface area contributed by atoms with Gasteiger partial charge in [0, 0.05) is 18.7 Å². The van der Waals surface area contributed by atoms with Gasteiger partial charge in [-0.15, -0.1) is 0 Å². The van der Waals surface area contributed by atoms with E-state index in [9.17, 15) is 8.78 Å². The van der Waals surface area contributed by atoms with Gasteiger partial charge in [0.25, 0.3) is 0 Å². The second-order valence-electron chi connectivity index (χ2n) is 5.65. The normalized spacial score (nSPS) is 11.5. The lowest BCUT2D eigenvalue weighted by Gasteiger charge is -2.13. The molecule has 0 unspecified atom stereocenters. The molecule has 2 aromatic rings. The van der Waals surface area contributed by atoms with Crippen LogP contribution >= 0.6 is 0 Å². The number of benzene rings is 2. The highest BCUT2D eigenvalue weighted by Crippen LogP contribution is 2.20. The first-order valence-corrected chi connectivity index (χ1v) is 8.85. The fourth-order valence-corrected chi connectivity index (χ4v) is 2.36. The molecule has 5 nitrogen and oxygen atoms in total. The van der Waals surface area contributed by atoms with E-state index in [-0.39, 0.29) is 12.3 Å². The summed E-state index contributed by atoms with van der Waals surface area (Å²) in [5, 5.41) is 6.28. The summed E-state index contributed by atoms with van der Waals surface area (Å²) in [4.78, 5) is 4.42. The lowest BCUT2D eigenvalue weighted by atomic mass is 10.2. The predicted octanol–water partition coefficient (Wildman–Crippen LogP) is 3.56. The molecule has 2 rings (SSSR count). The maximum absolute atomic E-state index is 12.5. The van der Waals surface area contributed by atoms with E-state index < -0.39 is 6.61 Å². The van der Waals surface area contributed by atoms with Crippen LogP contribution in [0.1, 0.15) is 18.1 Å². The van der Waals surface area contributed by atoms with E-state index >= 15 is 0 Å². The van der Waals surface area contributed by atoms with Crippen molar-refractivity contribution in [3.8, 4) is 5.75 Å². The first-order chi connectivity index (χ1) is 13.2. The number of para-hydroxylation sites is 1. The van der Waals surface area contributed by atoms with Gasteiger partial charge < -0.3 is 20.1 Å². The monoisotopic (exact) mass is 377 g/mol. The molecule has 0 spiro atoms. The first kappa shape index (κ1) is 20.6. The van der Waals surface area contributed by atoms with Crippen LogP contribution in [0.2, 0.25) is 0 Å². The molecule has 27 heavy (non-hydrogen) atoms. The smallest absolute Gasteiger partial charge is 0.387 e. The number of rotatable bonds is 10. The maximum Gasteiger partial charge on any atom is 0.387 e. The van der Waals surface area contributed by atoms with Crippen LogP contribution in [-0.2, 0) is 17.9 Å². The molecule has 0 saturated heterocycles. The fraction of sp³-hybridized carbons (Fsp3) is 0.350. The predicted molar refractivity (Wildman–Crippen MR) is 102 cm³/mol. The number of aliphatic imine (C=N–C) groups is 1. The summed E-state index contributed by atoms with van der Waals surface area (Å²) < 4.78 is 35.1. The minimum atomic E-state index is -2.86. The van der Waals surface area contributed by atoms with Gasteiger partial charge in [-0.3, -0.25) is 0 Å². The lowest BCUT2D eigenvalue weighted by Crippen LogP contribution is -2.39. The molecular formula is C20H25F2N3O2. The third kappa shape index (κ3) is 8.04. The summed E-state index contributed by atoms with van der Waals surface area (Å²) in [7, 11) is 0. The first-order valence-electron chi connectivity index (χ1n) is 8.85. The number of halogens is 2. The van der Waals surface area contributed by atoms with Gasteiger partial charge in [-0.25, -0.2) is 4.99 Å². The fourth-order valence-electron chi connectivity index (χ4n) is 2.36. The Balaban J connectivity index is 1.82. The summed E-state index contributed by atoms with van der Waals surface area (Å²) in [6.45, 7) is 1.65. The molecule has 2 N–H and O–H groups in total. The topological polar surface area (TPSA) is 54.9 Å². The maximum atomic E-state index is 12.5. The Morgan fingerprint density at radius 2 is 1.78 bits per heavy atom. The molecule has 0 aliphatic rings. The molecule has 0 radical (unpaired) electrons. The number of ether oxygens (including phenoxy) is 2. The minimum absolute atomic E-state index is 0.137. The molecule has 0 saturated carbocycles. The largest absolute Gasteiger partial charge is 0.434 e. The van der Waals surface area contributed by atoms with Crippen molar-refractivity contribution in [1.82, 2.24) is 10.6 Å². The number of nitrogens with one attached hydrogen (secondary N) is 2. The van der Waals surface area contributed by atoms with Crippen molar-refractivity contribution in [3.63, 3.8) is 0 Å². The van der Waals surface area contributed by atoms with Crippen molar-refractivity contribution in [1.29, 1.82) is 0 Å². The molecule has 0 aliphatic heterocycles. The van der Waals surface area contributed by atoms with Crippen molar-refractivity contribution in [2.45, 2.75) is 26.7 Å². The highest BCUT2D eigenvalue weighted by Gasteiger charge is 2.08. The van der Waals surface area contributed by atoms with E-state index in [0.717, 1.165) is 5.56 Å². The van der Waals surface area contributed by atoms with Crippen molar-refractivity contribution < 1.29 is 18.3 Å². The minimum Gasteiger partial charge on any atom is -0.434 e. The third-order valence-corrected chi connectivity index (χ3v) is 3.59. The molecule has 0 fully saturated rings. The SMILES string of the molecule is CCNC(=NCc1ccccc1OC(F)F)NCCOCc1ccccc1. The van der Waals surface area contributed by atoms with Crippen molar-refractivity contribution in [2.75, 3.05) is 19.7 Å². The van der Waals surface area contributed by atoms with Crippen LogP contribution in [-0.4, -0.2) is 32.3 Å². The van der Waals surface area contributed by atoms with E-state index in [0.29, 0.717) is 37.8 Å². The summed E-state index contributed by atoms with van der Waals surface area (Å²) in [6.07, 6.45) is 0. The number of alkyl halides is 2. The van der Waals surface area contributed by atoms with Gasteiger partial charge >= 0.3 is 6.61 Å². The Morgan fingerprint density at radius 3 is 2.52 bits per heavy atom. The van der Waals surface area contributed by atoms with E-state index in [1.807, 2.05) is 37.3 Å². The Labute approximate surface area is 158 Å². The molecule has 146 valence electrons. The summed E-state index contributed by atoms with van der Waals surface area (Å²) in [5.74, 6) is 0.728. The van der Waals surface area contributed by atoms with Crippen molar-refractivity contribution >= 4 is 5.96 Å². The summed E-state index contributed by atoms with van der Waals surface area (Å²) in [6, 6.07) is 16.6. The van der Waals surface area contributed by atoms with Gasteiger partial charge in [0.1, 0.15) is 5.75 Å². The lowest BCUT2D eigenvalue weighted by molar-refractivity contribution is -0.0504. The molecular weight excluding hydrogens is 352 g/mol. The van der Waals surface area contributed by atoms with Crippen LogP contribution < -0.4 is 15.4 Å². The zero-order valence-corrected chi connectivity index (χ0v) is 15.3. The zero-order valence-electron chi connectivity index (χ0n) is 15.3. The zero-order chi connectivity index (χ0) is 19.3. The van der Waals surface area contributed by atoms with E-state index in [2.05, 4.69) is 20.4 Å². The quantitative estimate of drug-likeness (QED) is 0.378. The highest BCUT2D eigenvalue weighted by atomic mass is 19.3. The third-order valence-electron chi connectivity index (χ3n) is 3.59.